The first-order valence-corrected chi connectivity index (χ1v) is 27.3. The molecule has 1 saturated heterocycles. The SMILES string of the molecule is CC(C)CC(N[C@@H](Cc1ccccc1)C(=O)NC(=O)c1cnccn1)B1OB(C(CC(C)C)N[C@@H](Cc2ccccc2)C(=O)NC(=O)c2cnccn2)OB(C(CC(C)C)N[C@@H](Cc2ccccc2)C(=O)NC(=O)c2cnccn2)O1. The van der Waals surface area contributed by atoms with E-state index in [0.717, 1.165) is 16.7 Å². The van der Waals surface area contributed by atoms with Crippen molar-refractivity contribution in [3.63, 3.8) is 0 Å². The number of aromatic nitrogens is 6. The maximum absolute atomic E-state index is 14.5. The summed E-state index contributed by atoms with van der Waals surface area (Å²) in [6.07, 6.45) is 13.7. The van der Waals surface area contributed by atoms with Crippen molar-refractivity contribution >= 4 is 56.8 Å². The summed E-state index contributed by atoms with van der Waals surface area (Å²) < 4.78 is 21.1. The van der Waals surface area contributed by atoms with Crippen LogP contribution in [0, 0.1) is 17.8 Å². The number of benzene rings is 3. The first kappa shape index (κ1) is 60.9. The van der Waals surface area contributed by atoms with Crippen molar-refractivity contribution in [3.05, 3.63) is 181 Å². The van der Waals surface area contributed by atoms with Crippen LogP contribution < -0.4 is 31.9 Å². The largest absolute Gasteiger partial charge is 0.451 e. The summed E-state index contributed by atoms with van der Waals surface area (Å²) >= 11 is 0. The second-order valence-corrected chi connectivity index (χ2v) is 21.2. The number of nitrogens with zero attached hydrogens (tertiary/aromatic N) is 6. The van der Waals surface area contributed by atoms with Gasteiger partial charge in [-0.2, -0.15) is 0 Å². The lowest BCUT2D eigenvalue weighted by molar-refractivity contribution is -0.123. The molecule has 21 nitrogen and oxygen atoms in total. The van der Waals surface area contributed by atoms with Gasteiger partial charge in [0.2, 0.25) is 17.7 Å². The molecule has 4 heterocycles. The molecule has 3 aromatic heterocycles. The number of carbonyl (C=O) groups is 6. The molecule has 6 amide bonds. The van der Waals surface area contributed by atoms with E-state index in [4.69, 9.17) is 13.7 Å². The third kappa shape index (κ3) is 19.2. The summed E-state index contributed by atoms with van der Waals surface area (Å²) in [6, 6.07) is 24.9. The van der Waals surface area contributed by atoms with Gasteiger partial charge in [-0.3, -0.25) is 59.7 Å². The minimum atomic E-state index is -1.20. The van der Waals surface area contributed by atoms with E-state index >= 15 is 0 Å². The van der Waals surface area contributed by atoms with E-state index < -0.39 is 92.7 Å². The van der Waals surface area contributed by atoms with Crippen LogP contribution in [0.4, 0.5) is 0 Å². The number of hydrogen-bond donors (Lipinski definition) is 6. The quantitative estimate of drug-likeness (QED) is 0.0394. The van der Waals surface area contributed by atoms with Gasteiger partial charge in [-0.1, -0.05) is 133 Å². The number of carbonyl (C=O) groups excluding carboxylic acids is 6. The highest BCUT2D eigenvalue weighted by Gasteiger charge is 2.52. The smallest absolute Gasteiger partial charge is 0.447 e. The van der Waals surface area contributed by atoms with E-state index in [9.17, 15) is 28.8 Å². The molecule has 0 radical (unpaired) electrons. The summed E-state index contributed by atoms with van der Waals surface area (Å²) in [5, 5.41) is 18.2. The maximum atomic E-state index is 14.5. The summed E-state index contributed by atoms with van der Waals surface area (Å²) in [6.45, 7) is 12.1. The van der Waals surface area contributed by atoms with Crippen LogP contribution in [0.2, 0.25) is 0 Å². The average molecular weight is 1100 g/mol. The van der Waals surface area contributed by atoms with Crippen LogP contribution in [0.1, 0.15) is 109 Å². The van der Waals surface area contributed by atoms with Gasteiger partial charge in [0.05, 0.1) is 36.7 Å². The summed E-state index contributed by atoms with van der Waals surface area (Å²) in [4.78, 5) is 108. The van der Waals surface area contributed by atoms with E-state index in [-0.39, 0.29) is 54.1 Å². The normalized spacial score (nSPS) is 14.9. The van der Waals surface area contributed by atoms with Gasteiger partial charge in [0, 0.05) is 55.0 Å². The number of hydrogen-bond acceptors (Lipinski definition) is 18. The molecule has 0 aliphatic carbocycles. The Labute approximate surface area is 473 Å². The molecule has 6 atom stereocenters. The van der Waals surface area contributed by atoms with Crippen molar-refractivity contribution in [3.8, 4) is 0 Å². The monoisotopic (exact) mass is 1100 g/mol. The molecular weight excluding hydrogens is 1030 g/mol. The fourth-order valence-electron chi connectivity index (χ4n) is 9.40. The van der Waals surface area contributed by atoms with Gasteiger partial charge in [-0.15, -0.1) is 0 Å². The lowest BCUT2D eigenvalue weighted by atomic mass is 9.57. The number of imide groups is 3. The van der Waals surface area contributed by atoms with Gasteiger partial charge in [-0.05, 0) is 73.0 Å². The van der Waals surface area contributed by atoms with Crippen molar-refractivity contribution in [2.45, 2.75) is 116 Å². The van der Waals surface area contributed by atoms with E-state index in [1.165, 1.54) is 55.8 Å². The third-order valence-corrected chi connectivity index (χ3v) is 13.1. The van der Waals surface area contributed by atoms with Gasteiger partial charge in [0.1, 0.15) is 17.1 Å². The van der Waals surface area contributed by atoms with Gasteiger partial charge in [0.25, 0.3) is 17.7 Å². The Bertz CT molecular complexity index is 2630. The minimum absolute atomic E-state index is 0.0261. The Morgan fingerprint density at radius 1 is 0.395 bits per heavy atom. The molecule has 3 unspecified atom stereocenters. The molecule has 6 N–H and O–H groups in total. The van der Waals surface area contributed by atoms with Gasteiger partial charge in [-0.25, -0.2) is 15.0 Å². The molecule has 0 saturated carbocycles. The Hall–Kier alpha value is -7.73. The molecule has 1 aliphatic rings. The Morgan fingerprint density at radius 3 is 0.877 bits per heavy atom. The zero-order valence-electron chi connectivity index (χ0n) is 46.4. The Morgan fingerprint density at radius 2 is 0.654 bits per heavy atom. The second kappa shape index (κ2) is 30.7. The van der Waals surface area contributed by atoms with Crippen molar-refractivity contribution in [1.82, 2.24) is 61.8 Å². The maximum Gasteiger partial charge on any atom is 0.447 e. The van der Waals surface area contributed by atoms with E-state index in [1.807, 2.05) is 133 Å². The van der Waals surface area contributed by atoms with Crippen LogP contribution in [0.3, 0.4) is 0 Å². The molecule has 81 heavy (non-hydrogen) atoms. The molecule has 1 aliphatic heterocycles. The first-order valence-electron chi connectivity index (χ1n) is 27.3. The molecule has 3 aromatic carbocycles. The van der Waals surface area contributed by atoms with Crippen molar-refractivity contribution < 1.29 is 42.5 Å². The fourth-order valence-corrected chi connectivity index (χ4v) is 9.40. The van der Waals surface area contributed by atoms with Crippen LogP contribution in [-0.4, -0.2) is 123 Å². The standard InChI is InChI=1S/C57H69B3N12O9/c1-37(2)28-49(67-43(31-40-16-10-7-11-17-40)52(73)70-55(76)46-34-61-22-25-64-46)58-79-59(50(29-38(3)4)68-44(32-41-18-12-8-13-19-41)53(74)71-56(77)47-35-62-23-26-65-47)81-60(80-58)51(30-39(5)6)69-45(33-42-20-14-9-15-21-42)54(75)72-57(78)48-36-63-24-27-66-48/h7-27,34-39,43-45,49-51,67-69H,28-33H2,1-6H3,(H,70,73,76)(H,71,74,77)(H,72,75,78)/t43-,44-,45-,49?,50?,51?/m0/s1. The summed E-state index contributed by atoms with van der Waals surface area (Å²) in [5.74, 6) is -6.57. The predicted octanol–water partition coefficient (Wildman–Crippen LogP) is 4.22. The lowest BCUT2D eigenvalue weighted by Crippen LogP contribution is -2.69. The number of amides is 6. The van der Waals surface area contributed by atoms with Crippen LogP contribution in [-0.2, 0) is 47.4 Å². The average Bonchev–Trinajstić information content (AvgIpc) is 3.47. The highest BCUT2D eigenvalue weighted by atomic mass is 16.7. The molecule has 1 fully saturated rings. The third-order valence-electron chi connectivity index (χ3n) is 13.1. The zero-order chi connectivity index (χ0) is 57.7. The zero-order valence-corrected chi connectivity index (χ0v) is 46.4. The molecule has 420 valence electrons. The van der Waals surface area contributed by atoms with Crippen LogP contribution >= 0.6 is 0 Å². The van der Waals surface area contributed by atoms with E-state index in [0.29, 0.717) is 19.3 Å². The molecule has 24 heteroatoms. The van der Waals surface area contributed by atoms with Crippen molar-refractivity contribution in [2.24, 2.45) is 17.8 Å². The van der Waals surface area contributed by atoms with Crippen LogP contribution in [0.5, 0.6) is 0 Å². The number of rotatable bonds is 27. The molecule has 6 aromatic rings. The highest BCUT2D eigenvalue weighted by Crippen LogP contribution is 2.26. The molecular formula is C57H69B3N12O9. The summed E-state index contributed by atoms with van der Waals surface area (Å²) in [5.41, 5.74) is 2.25. The van der Waals surface area contributed by atoms with E-state index in [1.54, 1.807) is 0 Å². The predicted molar refractivity (Wildman–Crippen MR) is 305 cm³/mol. The molecule has 7 rings (SSSR count). The summed E-state index contributed by atoms with van der Waals surface area (Å²) in [7, 11) is -3.61. The molecule has 0 spiro atoms. The second-order valence-electron chi connectivity index (χ2n) is 21.2. The highest BCUT2D eigenvalue weighted by molar-refractivity contribution is 6.75. The van der Waals surface area contributed by atoms with Gasteiger partial charge >= 0.3 is 21.4 Å². The van der Waals surface area contributed by atoms with Gasteiger partial charge < -0.3 is 29.7 Å². The van der Waals surface area contributed by atoms with Crippen molar-refractivity contribution in [1.29, 1.82) is 0 Å². The van der Waals surface area contributed by atoms with Crippen molar-refractivity contribution in [2.75, 3.05) is 0 Å². The van der Waals surface area contributed by atoms with Crippen LogP contribution in [0.25, 0.3) is 0 Å². The Kier molecular flexibility index (Phi) is 23.1. The minimum Gasteiger partial charge on any atom is -0.451 e. The topological polar surface area (TPSA) is 280 Å². The lowest BCUT2D eigenvalue weighted by Gasteiger charge is -2.42. The number of nitrogens with one attached hydrogen (secondary N) is 6. The fraction of sp³-hybridized carbons (Fsp3) is 0.368. The molecule has 0 bridgehead atoms. The van der Waals surface area contributed by atoms with E-state index in [2.05, 4.69) is 61.8 Å². The first-order chi connectivity index (χ1) is 39.1. The van der Waals surface area contributed by atoms with Crippen LogP contribution in [0.15, 0.2) is 147 Å². The van der Waals surface area contributed by atoms with Gasteiger partial charge in [0.15, 0.2) is 0 Å². The Balaban J connectivity index is 1.30.